The minimum atomic E-state index is -0.459. The SMILES string of the molecule is Cc1ccc(CC(C)NCC(O)COCC2CCCO2)s1. The van der Waals surface area contributed by atoms with Crippen LogP contribution >= 0.6 is 11.3 Å². The summed E-state index contributed by atoms with van der Waals surface area (Å²) in [5, 5.41) is 13.3. The molecule has 120 valence electrons. The molecule has 0 radical (unpaired) electrons. The van der Waals surface area contributed by atoms with E-state index in [0.717, 1.165) is 25.9 Å². The van der Waals surface area contributed by atoms with E-state index in [-0.39, 0.29) is 6.10 Å². The number of hydrogen-bond donors (Lipinski definition) is 2. The summed E-state index contributed by atoms with van der Waals surface area (Å²) < 4.78 is 11.0. The van der Waals surface area contributed by atoms with E-state index in [1.54, 1.807) is 0 Å². The zero-order valence-electron chi connectivity index (χ0n) is 13.0. The Labute approximate surface area is 131 Å². The summed E-state index contributed by atoms with van der Waals surface area (Å²) in [6, 6.07) is 4.69. The van der Waals surface area contributed by atoms with Crippen LogP contribution in [0.4, 0.5) is 0 Å². The first-order chi connectivity index (χ1) is 10.1. The van der Waals surface area contributed by atoms with Gasteiger partial charge in [0.2, 0.25) is 0 Å². The molecule has 1 aromatic heterocycles. The molecule has 3 atom stereocenters. The van der Waals surface area contributed by atoms with Crippen molar-refractivity contribution in [3.63, 3.8) is 0 Å². The van der Waals surface area contributed by atoms with Crippen molar-refractivity contribution in [2.75, 3.05) is 26.4 Å². The van der Waals surface area contributed by atoms with Gasteiger partial charge in [0.05, 0.1) is 25.4 Å². The van der Waals surface area contributed by atoms with Crippen molar-refractivity contribution in [2.24, 2.45) is 0 Å². The number of rotatable bonds is 9. The van der Waals surface area contributed by atoms with E-state index in [2.05, 4.69) is 31.3 Å². The van der Waals surface area contributed by atoms with Crippen molar-refractivity contribution >= 4 is 11.3 Å². The molecule has 1 aromatic rings. The monoisotopic (exact) mass is 313 g/mol. The van der Waals surface area contributed by atoms with E-state index >= 15 is 0 Å². The van der Waals surface area contributed by atoms with Gasteiger partial charge in [-0.25, -0.2) is 0 Å². The highest BCUT2D eigenvalue weighted by Crippen LogP contribution is 2.16. The molecular formula is C16H27NO3S. The van der Waals surface area contributed by atoms with Crippen molar-refractivity contribution in [1.82, 2.24) is 5.32 Å². The summed E-state index contributed by atoms with van der Waals surface area (Å²) in [6.07, 6.45) is 2.97. The van der Waals surface area contributed by atoms with E-state index in [1.165, 1.54) is 9.75 Å². The first-order valence-corrected chi connectivity index (χ1v) is 8.61. The predicted molar refractivity (Wildman–Crippen MR) is 86.0 cm³/mol. The largest absolute Gasteiger partial charge is 0.389 e. The molecule has 0 amide bonds. The predicted octanol–water partition coefficient (Wildman–Crippen LogP) is 2.13. The molecule has 1 aliphatic heterocycles. The molecule has 5 heteroatoms. The van der Waals surface area contributed by atoms with Gasteiger partial charge in [0.25, 0.3) is 0 Å². The first-order valence-electron chi connectivity index (χ1n) is 7.79. The number of nitrogens with one attached hydrogen (secondary N) is 1. The van der Waals surface area contributed by atoms with Gasteiger partial charge in [-0.2, -0.15) is 0 Å². The molecule has 1 fully saturated rings. The lowest BCUT2D eigenvalue weighted by molar-refractivity contribution is -0.0168. The maximum atomic E-state index is 9.92. The van der Waals surface area contributed by atoms with Crippen LogP contribution in [-0.4, -0.2) is 49.7 Å². The quantitative estimate of drug-likeness (QED) is 0.733. The van der Waals surface area contributed by atoms with Gasteiger partial charge in [0.1, 0.15) is 0 Å². The summed E-state index contributed by atoms with van der Waals surface area (Å²) in [7, 11) is 0. The van der Waals surface area contributed by atoms with E-state index in [9.17, 15) is 5.11 Å². The van der Waals surface area contributed by atoms with Crippen LogP contribution in [-0.2, 0) is 15.9 Å². The Morgan fingerprint density at radius 2 is 2.38 bits per heavy atom. The third-order valence-electron chi connectivity index (χ3n) is 3.64. The minimum Gasteiger partial charge on any atom is -0.389 e. The minimum absolute atomic E-state index is 0.228. The standard InChI is InChI=1S/C16H27NO3S/c1-12(8-16-6-5-13(2)21-16)17-9-14(18)10-19-11-15-4-3-7-20-15/h5-6,12,14-15,17-18H,3-4,7-11H2,1-2H3. The summed E-state index contributed by atoms with van der Waals surface area (Å²) in [6.45, 7) is 6.66. The number of thiophene rings is 1. The highest BCUT2D eigenvalue weighted by molar-refractivity contribution is 7.11. The fourth-order valence-electron chi connectivity index (χ4n) is 2.48. The second kappa shape index (κ2) is 8.86. The Bertz CT molecular complexity index is 404. The molecule has 3 unspecified atom stereocenters. The maximum Gasteiger partial charge on any atom is 0.0897 e. The highest BCUT2D eigenvalue weighted by Gasteiger charge is 2.16. The van der Waals surface area contributed by atoms with E-state index in [1.807, 2.05) is 11.3 Å². The molecule has 0 aromatic carbocycles. The molecule has 1 aliphatic rings. The van der Waals surface area contributed by atoms with Crippen LogP contribution in [0.25, 0.3) is 0 Å². The number of hydrogen-bond acceptors (Lipinski definition) is 5. The molecule has 0 aliphatic carbocycles. The normalized spacial score (nSPS) is 21.6. The molecule has 4 nitrogen and oxygen atoms in total. The zero-order valence-corrected chi connectivity index (χ0v) is 13.8. The van der Waals surface area contributed by atoms with Crippen LogP contribution in [0.3, 0.4) is 0 Å². The lowest BCUT2D eigenvalue weighted by Gasteiger charge is -2.17. The summed E-state index contributed by atoms with van der Waals surface area (Å²) in [5.74, 6) is 0. The van der Waals surface area contributed by atoms with Gasteiger partial charge in [0.15, 0.2) is 0 Å². The molecule has 0 saturated carbocycles. The third kappa shape index (κ3) is 6.45. The van der Waals surface area contributed by atoms with Crippen molar-refractivity contribution in [2.45, 2.75) is 51.4 Å². The number of aliphatic hydroxyl groups is 1. The topological polar surface area (TPSA) is 50.7 Å². The van der Waals surface area contributed by atoms with Gasteiger partial charge >= 0.3 is 0 Å². The van der Waals surface area contributed by atoms with Crippen LogP contribution in [0.5, 0.6) is 0 Å². The van der Waals surface area contributed by atoms with Gasteiger partial charge in [-0.05, 0) is 45.2 Å². The van der Waals surface area contributed by atoms with Crippen molar-refractivity contribution in [3.05, 3.63) is 21.9 Å². The Morgan fingerprint density at radius 3 is 3.05 bits per heavy atom. The number of aryl methyl sites for hydroxylation is 1. The van der Waals surface area contributed by atoms with Crippen molar-refractivity contribution in [1.29, 1.82) is 0 Å². The van der Waals surface area contributed by atoms with Gasteiger partial charge in [-0.1, -0.05) is 0 Å². The van der Waals surface area contributed by atoms with Gasteiger partial charge in [-0.3, -0.25) is 0 Å². The molecule has 1 saturated heterocycles. The Balaban J connectivity index is 1.54. The second-order valence-corrected chi connectivity index (χ2v) is 7.22. The second-order valence-electron chi connectivity index (χ2n) is 5.85. The Kier molecular flexibility index (Phi) is 7.13. The average Bonchev–Trinajstić information content (AvgIpc) is 3.08. The van der Waals surface area contributed by atoms with Crippen LogP contribution in [0.2, 0.25) is 0 Å². The van der Waals surface area contributed by atoms with E-state index in [0.29, 0.717) is 25.8 Å². The third-order valence-corrected chi connectivity index (χ3v) is 4.67. The zero-order chi connectivity index (χ0) is 15.1. The van der Waals surface area contributed by atoms with Crippen molar-refractivity contribution < 1.29 is 14.6 Å². The number of aliphatic hydroxyl groups excluding tert-OH is 1. The van der Waals surface area contributed by atoms with Crippen molar-refractivity contribution in [3.8, 4) is 0 Å². The fourth-order valence-corrected chi connectivity index (χ4v) is 3.50. The number of ether oxygens (including phenoxy) is 2. The molecule has 2 rings (SSSR count). The highest BCUT2D eigenvalue weighted by atomic mass is 32.1. The molecule has 0 bridgehead atoms. The maximum absolute atomic E-state index is 9.92. The Morgan fingerprint density at radius 1 is 1.52 bits per heavy atom. The molecule has 2 N–H and O–H groups in total. The van der Waals surface area contributed by atoms with Crippen LogP contribution in [0.1, 0.15) is 29.5 Å². The molecule has 21 heavy (non-hydrogen) atoms. The molecular weight excluding hydrogens is 286 g/mol. The summed E-state index contributed by atoms with van der Waals surface area (Å²) in [4.78, 5) is 2.73. The summed E-state index contributed by atoms with van der Waals surface area (Å²) >= 11 is 1.84. The lowest BCUT2D eigenvalue weighted by Crippen LogP contribution is -2.37. The summed E-state index contributed by atoms with van der Waals surface area (Å²) in [5.41, 5.74) is 0. The first kappa shape index (κ1) is 16.9. The van der Waals surface area contributed by atoms with Crippen LogP contribution in [0, 0.1) is 6.92 Å². The Hall–Kier alpha value is -0.460. The average molecular weight is 313 g/mol. The van der Waals surface area contributed by atoms with Gasteiger partial charge < -0.3 is 19.9 Å². The van der Waals surface area contributed by atoms with E-state index in [4.69, 9.17) is 9.47 Å². The van der Waals surface area contributed by atoms with Crippen LogP contribution in [0.15, 0.2) is 12.1 Å². The van der Waals surface area contributed by atoms with E-state index < -0.39 is 6.10 Å². The van der Waals surface area contributed by atoms with Gasteiger partial charge in [-0.15, -0.1) is 11.3 Å². The fraction of sp³-hybridized carbons (Fsp3) is 0.750. The lowest BCUT2D eigenvalue weighted by atomic mass is 10.2. The van der Waals surface area contributed by atoms with Crippen LogP contribution < -0.4 is 5.32 Å². The molecule has 0 spiro atoms. The smallest absolute Gasteiger partial charge is 0.0897 e. The molecule has 2 heterocycles. The van der Waals surface area contributed by atoms with Gasteiger partial charge in [0, 0.05) is 28.9 Å².